The molecular weight excluding hydrogens is 350 g/mol. The summed E-state index contributed by atoms with van der Waals surface area (Å²) >= 11 is 0. The van der Waals surface area contributed by atoms with E-state index in [1.807, 2.05) is 43.3 Å². The van der Waals surface area contributed by atoms with Crippen molar-refractivity contribution in [2.45, 2.75) is 18.4 Å². The van der Waals surface area contributed by atoms with Crippen molar-refractivity contribution in [3.8, 4) is 0 Å². The van der Waals surface area contributed by atoms with Gasteiger partial charge in [0.1, 0.15) is 5.52 Å². The van der Waals surface area contributed by atoms with Gasteiger partial charge in [-0.25, -0.2) is 13.4 Å². The third-order valence-corrected chi connectivity index (χ3v) is 6.74. The smallest absolute Gasteiger partial charge is 0.251 e. The number of rotatable bonds is 4. The van der Waals surface area contributed by atoms with Crippen molar-refractivity contribution >= 4 is 21.1 Å². The molecule has 1 N–H and O–H groups in total. The topological polar surface area (TPSA) is 67.8 Å². The Balaban J connectivity index is 1.41. The molecule has 7 heteroatoms. The molecule has 0 atom stereocenters. The molecule has 0 aliphatic carbocycles. The Morgan fingerprint density at radius 2 is 1.77 bits per heavy atom. The van der Waals surface area contributed by atoms with Gasteiger partial charge in [-0.05, 0) is 31.2 Å². The van der Waals surface area contributed by atoms with Crippen LogP contribution >= 0.6 is 0 Å². The fourth-order valence-corrected chi connectivity index (χ4v) is 4.73. The third-order valence-electron chi connectivity index (χ3n) is 4.83. The number of sulfonamides is 1. The Labute approximate surface area is 153 Å². The predicted octanol–water partition coefficient (Wildman–Crippen LogP) is 1.23. The fourth-order valence-electron chi connectivity index (χ4n) is 3.29. The summed E-state index contributed by atoms with van der Waals surface area (Å²) in [5.74, 6) is 0.705. The van der Waals surface area contributed by atoms with E-state index in [2.05, 4.69) is 4.98 Å². The first-order chi connectivity index (χ1) is 12.5. The monoisotopic (exact) mass is 372 g/mol. The molecule has 136 valence electrons. The molecule has 1 aromatic heterocycles. The minimum atomic E-state index is -3.41. The molecule has 1 aliphatic rings. The van der Waals surface area contributed by atoms with E-state index in [1.165, 1.54) is 4.90 Å². The van der Waals surface area contributed by atoms with Gasteiger partial charge in [0.05, 0.1) is 31.1 Å². The molecule has 1 saturated heterocycles. The minimum absolute atomic E-state index is 0.366. The number of benzene rings is 2. The maximum atomic E-state index is 12.8. The number of piperazine rings is 1. The van der Waals surface area contributed by atoms with Crippen molar-refractivity contribution in [2.75, 3.05) is 26.2 Å². The Morgan fingerprint density at radius 3 is 2.46 bits per heavy atom. The van der Waals surface area contributed by atoms with E-state index >= 15 is 0 Å². The van der Waals surface area contributed by atoms with Crippen molar-refractivity contribution in [3.63, 3.8) is 0 Å². The second-order valence-electron chi connectivity index (χ2n) is 6.72. The zero-order valence-corrected chi connectivity index (χ0v) is 15.5. The summed E-state index contributed by atoms with van der Waals surface area (Å²) < 4.78 is 32.9. The van der Waals surface area contributed by atoms with Crippen LogP contribution in [0.3, 0.4) is 0 Å². The molecule has 3 aromatic rings. The van der Waals surface area contributed by atoms with Crippen molar-refractivity contribution in [1.29, 1.82) is 0 Å². The SMILES string of the molecule is Cc1ccc(S(=O)(=O)N2CC[NH+](Cc3nc4ccccc4o3)CC2)cc1. The highest BCUT2D eigenvalue weighted by atomic mass is 32.2. The normalized spacial score (nSPS) is 17.0. The van der Waals surface area contributed by atoms with Crippen LogP contribution in [0.1, 0.15) is 11.5 Å². The van der Waals surface area contributed by atoms with E-state index < -0.39 is 10.0 Å². The zero-order valence-electron chi connectivity index (χ0n) is 14.7. The van der Waals surface area contributed by atoms with Gasteiger partial charge in [-0.2, -0.15) is 4.31 Å². The first kappa shape index (κ1) is 17.2. The number of hydrogen-bond acceptors (Lipinski definition) is 4. The van der Waals surface area contributed by atoms with Crippen LogP contribution in [0.5, 0.6) is 0 Å². The van der Waals surface area contributed by atoms with Crippen molar-refractivity contribution in [1.82, 2.24) is 9.29 Å². The summed E-state index contributed by atoms with van der Waals surface area (Å²) in [4.78, 5) is 6.16. The van der Waals surface area contributed by atoms with Gasteiger partial charge in [-0.3, -0.25) is 0 Å². The van der Waals surface area contributed by atoms with Gasteiger partial charge in [0.15, 0.2) is 12.1 Å². The fraction of sp³-hybridized carbons (Fsp3) is 0.316. The number of nitrogens with zero attached hydrogens (tertiary/aromatic N) is 2. The number of aromatic nitrogens is 1. The number of hydrogen-bond donors (Lipinski definition) is 1. The van der Waals surface area contributed by atoms with Crippen LogP contribution in [-0.4, -0.2) is 43.9 Å². The minimum Gasteiger partial charge on any atom is -0.435 e. The maximum Gasteiger partial charge on any atom is 0.251 e. The Bertz CT molecular complexity index is 971. The van der Waals surface area contributed by atoms with Crippen molar-refractivity contribution in [2.24, 2.45) is 0 Å². The first-order valence-electron chi connectivity index (χ1n) is 8.77. The predicted molar refractivity (Wildman–Crippen MR) is 98.3 cm³/mol. The zero-order chi connectivity index (χ0) is 18.1. The number of aryl methyl sites for hydroxylation is 1. The molecule has 26 heavy (non-hydrogen) atoms. The van der Waals surface area contributed by atoms with E-state index in [4.69, 9.17) is 4.42 Å². The van der Waals surface area contributed by atoms with Crippen molar-refractivity contribution in [3.05, 3.63) is 60.0 Å². The van der Waals surface area contributed by atoms with Gasteiger partial charge in [0.2, 0.25) is 10.0 Å². The molecule has 2 heterocycles. The average molecular weight is 372 g/mol. The summed E-state index contributed by atoms with van der Waals surface area (Å²) in [6.45, 7) is 5.11. The van der Waals surface area contributed by atoms with Crippen molar-refractivity contribution < 1.29 is 17.7 Å². The summed E-state index contributed by atoms with van der Waals surface area (Å²) in [6.07, 6.45) is 0. The molecule has 1 fully saturated rings. The molecule has 0 amide bonds. The molecule has 2 aromatic carbocycles. The second-order valence-corrected chi connectivity index (χ2v) is 8.66. The van der Waals surface area contributed by atoms with E-state index in [0.717, 1.165) is 29.8 Å². The van der Waals surface area contributed by atoms with Crippen LogP contribution < -0.4 is 4.90 Å². The standard InChI is InChI=1S/C19H21N3O3S/c1-15-6-8-16(9-7-15)26(23,24)22-12-10-21(11-13-22)14-19-20-17-4-2-3-5-18(17)25-19/h2-9H,10-14H2,1H3/p+1. The van der Waals surface area contributed by atoms with E-state index in [-0.39, 0.29) is 0 Å². The number of oxazole rings is 1. The number of quaternary nitrogens is 1. The van der Waals surface area contributed by atoms with Crippen LogP contribution in [-0.2, 0) is 16.6 Å². The lowest BCUT2D eigenvalue weighted by atomic mass is 10.2. The lowest BCUT2D eigenvalue weighted by Crippen LogP contribution is -3.13. The van der Waals surface area contributed by atoms with Gasteiger partial charge in [-0.1, -0.05) is 29.8 Å². The van der Waals surface area contributed by atoms with Gasteiger partial charge in [0, 0.05) is 0 Å². The first-order valence-corrected chi connectivity index (χ1v) is 10.2. The average Bonchev–Trinajstić information content (AvgIpc) is 3.05. The highest BCUT2D eigenvalue weighted by Crippen LogP contribution is 2.17. The van der Waals surface area contributed by atoms with Crippen LogP contribution in [0.15, 0.2) is 57.8 Å². The van der Waals surface area contributed by atoms with Crippen LogP contribution in [0.2, 0.25) is 0 Å². The molecule has 1 aliphatic heterocycles. The van der Waals surface area contributed by atoms with Gasteiger partial charge >= 0.3 is 0 Å². The van der Waals surface area contributed by atoms with Gasteiger partial charge in [0.25, 0.3) is 5.89 Å². The molecular formula is C19H22N3O3S+. The molecule has 0 saturated carbocycles. The quantitative estimate of drug-likeness (QED) is 0.748. The number of nitrogens with one attached hydrogen (secondary N) is 1. The lowest BCUT2D eigenvalue weighted by molar-refractivity contribution is -0.918. The molecule has 4 rings (SSSR count). The van der Waals surface area contributed by atoms with E-state index in [1.54, 1.807) is 16.4 Å². The molecule has 0 spiro atoms. The summed E-state index contributed by atoms with van der Waals surface area (Å²) in [7, 11) is -3.41. The number of fused-ring (bicyclic) bond motifs is 1. The lowest BCUT2D eigenvalue weighted by Gasteiger charge is -2.30. The molecule has 0 radical (unpaired) electrons. The van der Waals surface area contributed by atoms with Crippen LogP contribution in [0, 0.1) is 6.92 Å². The summed E-state index contributed by atoms with van der Waals surface area (Å²) in [6, 6.07) is 14.7. The largest absolute Gasteiger partial charge is 0.435 e. The molecule has 0 unspecified atom stereocenters. The molecule has 6 nitrogen and oxygen atoms in total. The highest BCUT2D eigenvalue weighted by molar-refractivity contribution is 7.89. The van der Waals surface area contributed by atoms with Crippen LogP contribution in [0.4, 0.5) is 0 Å². The highest BCUT2D eigenvalue weighted by Gasteiger charge is 2.30. The van der Waals surface area contributed by atoms with E-state index in [9.17, 15) is 8.42 Å². The summed E-state index contributed by atoms with van der Waals surface area (Å²) in [5.41, 5.74) is 2.71. The number of para-hydroxylation sites is 2. The maximum absolute atomic E-state index is 12.8. The molecule has 0 bridgehead atoms. The Kier molecular flexibility index (Phi) is 4.52. The second kappa shape index (κ2) is 6.83. The summed E-state index contributed by atoms with van der Waals surface area (Å²) in [5, 5.41) is 0. The van der Waals surface area contributed by atoms with Gasteiger partial charge < -0.3 is 9.32 Å². The third kappa shape index (κ3) is 3.38. The van der Waals surface area contributed by atoms with Crippen LogP contribution in [0.25, 0.3) is 11.1 Å². The Morgan fingerprint density at radius 1 is 1.08 bits per heavy atom. The van der Waals surface area contributed by atoms with Gasteiger partial charge in [-0.15, -0.1) is 0 Å². The Hall–Kier alpha value is -2.22. The van der Waals surface area contributed by atoms with E-state index in [0.29, 0.717) is 30.4 Å².